The molecular weight excluding hydrogens is 176 g/mol. The highest BCUT2D eigenvalue weighted by Crippen LogP contribution is 2.33. The fraction of sp³-hybridized carbons (Fsp3) is 0.917. The standard InChI is InChI=1S/C12H24O2/c1-9(2)7-6-8-12(5,10(3)4)11(13)14/h9-10H,6-8H2,1-5H3,(H,13,14). The molecule has 0 spiro atoms. The minimum atomic E-state index is -0.656. The molecule has 1 atom stereocenters. The van der Waals surface area contributed by atoms with E-state index in [1.165, 1.54) is 0 Å². The van der Waals surface area contributed by atoms with E-state index < -0.39 is 11.4 Å². The highest BCUT2D eigenvalue weighted by atomic mass is 16.4. The maximum Gasteiger partial charge on any atom is 0.309 e. The average Bonchev–Trinajstić information content (AvgIpc) is 2.02. The van der Waals surface area contributed by atoms with Gasteiger partial charge in [0.05, 0.1) is 5.41 Å². The van der Waals surface area contributed by atoms with Crippen LogP contribution in [0.1, 0.15) is 53.9 Å². The number of carbonyl (C=O) groups is 1. The predicted octanol–water partition coefficient (Wildman–Crippen LogP) is 3.56. The van der Waals surface area contributed by atoms with E-state index in [1.54, 1.807) is 0 Å². The fourth-order valence-electron chi connectivity index (χ4n) is 1.52. The van der Waals surface area contributed by atoms with E-state index in [-0.39, 0.29) is 5.92 Å². The Labute approximate surface area is 87.7 Å². The molecule has 0 aliphatic heterocycles. The summed E-state index contributed by atoms with van der Waals surface area (Å²) in [5.41, 5.74) is -0.547. The molecule has 0 amide bonds. The Bertz CT molecular complexity index is 185. The molecule has 0 fully saturated rings. The van der Waals surface area contributed by atoms with Crippen LogP contribution in [0.4, 0.5) is 0 Å². The molecule has 1 N–H and O–H groups in total. The average molecular weight is 200 g/mol. The van der Waals surface area contributed by atoms with Gasteiger partial charge in [0.15, 0.2) is 0 Å². The van der Waals surface area contributed by atoms with E-state index in [1.807, 2.05) is 20.8 Å². The molecule has 0 heterocycles. The van der Waals surface area contributed by atoms with Crippen molar-refractivity contribution in [1.29, 1.82) is 0 Å². The maximum atomic E-state index is 11.1. The predicted molar refractivity (Wildman–Crippen MR) is 59.3 cm³/mol. The van der Waals surface area contributed by atoms with Crippen LogP contribution in [-0.2, 0) is 4.79 Å². The van der Waals surface area contributed by atoms with Crippen LogP contribution < -0.4 is 0 Å². The number of carboxylic acid groups (broad SMARTS) is 1. The molecule has 2 heteroatoms. The van der Waals surface area contributed by atoms with E-state index in [0.29, 0.717) is 5.92 Å². The summed E-state index contributed by atoms with van der Waals surface area (Å²) in [7, 11) is 0. The largest absolute Gasteiger partial charge is 0.481 e. The highest BCUT2D eigenvalue weighted by Gasteiger charge is 2.35. The van der Waals surface area contributed by atoms with Crippen molar-refractivity contribution in [3.8, 4) is 0 Å². The Hall–Kier alpha value is -0.530. The molecular formula is C12H24O2. The molecule has 84 valence electrons. The SMILES string of the molecule is CC(C)CCCC(C)(C(=O)O)C(C)C. The van der Waals surface area contributed by atoms with Crippen LogP contribution in [0, 0.1) is 17.3 Å². The number of aliphatic carboxylic acids is 1. The molecule has 2 nitrogen and oxygen atoms in total. The van der Waals surface area contributed by atoms with Crippen molar-refractivity contribution in [2.24, 2.45) is 17.3 Å². The topological polar surface area (TPSA) is 37.3 Å². The van der Waals surface area contributed by atoms with Crippen molar-refractivity contribution in [2.45, 2.75) is 53.9 Å². The zero-order chi connectivity index (χ0) is 11.4. The lowest BCUT2D eigenvalue weighted by Crippen LogP contribution is -2.33. The van der Waals surface area contributed by atoms with E-state index in [9.17, 15) is 4.79 Å². The number of carboxylic acids is 1. The van der Waals surface area contributed by atoms with Gasteiger partial charge in [-0.25, -0.2) is 0 Å². The molecule has 0 bridgehead atoms. The highest BCUT2D eigenvalue weighted by molar-refractivity contribution is 5.74. The molecule has 0 aromatic rings. The minimum Gasteiger partial charge on any atom is -0.481 e. The second kappa shape index (κ2) is 5.38. The van der Waals surface area contributed by atoms with Gasteiger partial charge in [-0.05, 0) is 25.2 Å². The Kier molecular flexibility index (Phi) is 5.17. The lowest BCUT2D eigenvalue weighted by molar-refractivity contribution is -0.151. The third-order valence-electron chi connectivity index (χ3n) is 3.24. The second-order valence-corrected chi connectivity index (χ2v) is 5.16. The van der Waals surface area contributed by atoms with Crippen molar-refractivity contribution >= 4 is 5.97 Å². The maximum absolute atomic E-state index is 11.1. The van der Waals surface area contributed by atoms with Crippen molar-refractivity contribution in [1.82, 2.24) is 0 Å². The van der Waals surface area contributed by atoms with Gasteiger partial charge in [0.1, 0.15) is 0 Å². The Morgan fingerprint density at radius 3 is 2.07 bits per heavy atom. The Morgan fingerprint density at radius 2 is 1.79 bits per heavy atom. The van der Waals surface area contributed by atoms with E-state index in [4.69, 9.17) is 5.11 Å². The van der Waals surface area contributed by atoms with Crippen molar-refractivity contribution in [3.63, 3.8) is 0 Å². The first kappa shape index (κ1) is 13.5. The minimum absolute atomic E-state index is 0.201. The molecule has 0 aromatic carbocycles. The first-order valence-corrected chi connectivity index (χ1v) is 5.54. The molecule has 1 unspecified atom stereocenters. The molecule has 14 heavy (non-hydrogen) atoms. The van der Waals surface area contributed by atoms with Crippen LogP contribution in [0.25, 0.3) is 0 Å². The zero-order valence-electron chi connectivity index (χ0n) is 10.1. The van der Waals surface area contributed by atoms with Gasteiger partial charge >= 0.3 is 5.97 Å². The van der Waals surface area contributed by atoms with Crippen molar-refractivity contribution in [3.05, 3.63) is 0 Å². The molecule has 0 aromatic heterocycles. The molecule has 0 radical (unpaired) electrons. The number of rotatable bonds is 6. The smallest absolute Gasteiger partial charge is 0.309 e. The number of hydrogen-bond acceptors (Lipinski definition) is 1. The fourth-order valence-corrected chi connectivity index (χ4v) is 1.52. The van der Waals surface area contributed by atoms with Crippen molar-refractivity contribution < 1.29 is 9.90 Å². The third kappa shape index (κ3) is 3.69. The van der Waals surface area contributed by atoms with Crippen LogP contribution in [0.5, 0.6) is 0 Å². The van der Waals surface area contributed by atoms with E-state index >= 15 is 0 Å². The molecule has 0 aliphatic carbocycles. The van der Waals surface area contributed by atoms with Crippen LogP contribution in [0.3, 0.4) is 0 Å². The first-order valence-electron chi connectivity index (χ1n) is 5.54. The molecule has 0 saturated heterocycles. The quantitative estimate of drug-likeness (QED) is 0.711. The van der Waals surface area contributed by atoms with Gasteiger partial charge in [0, 0.05) is 0 Å². The summed E-state index contributed by atoms with van der Waals surface area (Å²) in [6.45, 7) is 10.2. The van der Waals surface area contributed by atoms with Crippen molar-refractivity contribution in [2.75, 3.05) is 0 Å². The van der Waals surface area contributed by atoms with Gasteiger partial charge in [-0.1, -0.05) is 40.5 Å². The normalized spacial score (nSPS) is 15.9. The second-order valence-electron chi connectivity index (χ2n) is 5.16. The molecule has 0 rings (SSSR count). The van der Waals surface area contributed by atoms with E-state index in [2.05, 4.69) is 13.8 Å². The lowest BCUT2D eigenvalue weighted by atomic mass is 9.75. The summed E-state index contributed by atoms with van der Waals surface area (Å²) in [5.74, 6) is 0.212. The Morgan fingerprint density at radius 1 is 1.29 bits per heavy atom. The van der Waals surface area contributed by atoms with Gasteiger partial charge in [-0.15, -0.1) is 0 Å². The summed E-state index contributed by atoms with van der Waals surface area (Å²) in [4.78, 5) is 11.1. The molecule has 0 saturated carbocycles. The van der Waals surface area contributed by atoms with Gasteiger partial charge in [-0.3, -0.25) is 4.79 Å². The van der Waals surface area contributed by atoms with Gasteiger partial charge in [0.2, 0.25) is 0 Å². The first-order chi connectivity index (χ1) is 6.30. The third-order valence-corrected chi connectivity index (χ3v) is 3.24. The van der Waals surface area contributed by atoms with Crippen LogP contribution in [0.15, 0.2) is 0 Å². The molecule has 0 aliphatic rings. The summed E-state index contributed by atoms with van der Waals surface area (Å²) in [6.07, 6.45) is 2.92. The summed E-state index contributed by atoms with van der Waals surface area (Å²) in [6, 6.07) is 0. The van der Waals surface area contributed by atoms with E-state index in [0.717, 1.165) is 19.3 Å². The van der Waals surface area contributed by atoms with Crippen LogP contribution >= 0.6 is 0 Å². The van der Waals surface area contributed by atoms with Crippen LogP contribution in [-0.4, -0.2) is 11.1 Å². The number of hydrogen-bond donors (Lipinski definition) is 1. The van der Waals surface area contributed by atoms with Crippen LogP contribution in [0.2, 0.25) is 0 Å². The zero-order valence-corrected chi connectivity index (χ0v) is 10.1. The summed E-state index contributed by atoms with van der Waals surface area (Å²) in [5, 5.41) is 9.17. The van der Waals surface area contributed by atoms with Gasteiger partial charge < -0.3 is 5.11 Å². The monoisotopic (exact) mass is 200 g/mol. The summed E-state index contributed by atoms with van der Waals surface area (Å²) < 4.78 is 0. The van der Waals surface area contributed by atoms with Gasteiger partial charge in [0.25, 0.3) is 0 Å². The lowest BCUT2D eigenvalue weighted by Gasteiger charge is -2.29. The summed E-state index contributed by atoms with van der Waals surface area (Å²) >= 11 is 0. The Balaban J connectivity index is 4.18. The van der Waals surface area contributed by atoms with Gasteiger partial charge in [-0.2, -0.15) is 0 Å².